The molecule has 1 fully saturated rings. The fourth-order valence-electron chi connectivity index (χ4n) is 3.80. The number of rotatable bonds is 4. The number of likely N-dealkylation sites (N-methyl/N-ethyl adjacent to an activating group) is 1. The van der Waals surface area contributed by atoms with Crippen molar-refractivity contribution < 1.29 is 5.11 Å². The minimum Gasteiger partial charge on any atom is -0.389 e. The number of likely N-dealkylation sites (tertiary alicyclic amines) is 1. The summed E-state index contributed by atoms with van der Waals surface area (Å²) < 4.78 is 0. The maximum Gasteiger partial charge on any atom is 0.107 e. The Bertz CT molecular complexity index is 479. The molecule has 2 aliphatic rings. The molecule has 1 aliphatic heterocycles. The summed E-state index contributed by atoms with van der Waals surface area (Å²) in [5, 5.41) is 12.0. The van der Waals surface area contributed by atoms with Crippen molar-refractivity contribution in [1.29, 1.82) is 0 Å². The topological polar surface area (TPSA) is 39.6 Å². The van der Waals surface area contributed by atoms with E-state index in [0.717, 1.165) is 45.4 Å². The van der Waals surface area contributed by atoms with E-state index in [0.29, 0.717) is 0 Å². The fraction of sp³-hybridized carbons (Fsp3) is 0.824. The SMILES string of the molecule is CN(C)C[C@]1(O)CCCN(Cc2nc3c(s2)CCCC3)CC1. The summed E-state index contributed by atoms with van der Waals surface area (Å²) in [5.74, 6) is 0. The molecular weight excluding hydrogens is 294 g/mol. The van der Waals surface area contributed by atoms with Crippen molar-refractivity contribution >= 4 is 11.3 Å². The Morgan fingerprint density at radius 1 is 1.18 bits per heavy atom. The Hall–Kier alpha value is -0.490. The van der Waals surface area contributed by atoms with Crippen LogP contribution in [0.4, 0.5) is 0 Å². The van der Waals surface area contributed by atoms with E-state index < -0.39 is 5.60 Å². The van der Waals surface area contributed by atoms with E-state index in [1.807, 2.05) is 25.4 Å². The first-order valence-electron chi connectivity index (χ1n) is 8.61. The maximum atomic E-state index is 10.8. The van der Waals surface area contributed by atoms with Crippen LogP contribution in [0.3, 0.4) is 0 Å². The van der Waals surface area contributed by atoms with Gasteiger partial charge in [0.05, 0.1) is 17.8 Å². The maximum absolute atomic E-state index is 10.8. The summed E-state index contributed by atoms with van der Waals surface area (Å²) >= 11 is 1.92. The highest BCUT2D eigenvalue weighted by molar-refractivity contribution is 7.11. The highest BCUT2D eigenvalue weighted by Crippen LogP contribution is 2.29. The van der Waals surface area contributed by atoms with Gasteiger partial charge >= 0.3 is 0 Å². The van der Waals surface area contributed by atoms with Crippen LogP contribution in [0.5, 0.6) is 0 Å². The van der Waals surface area contributed by atoms with Crippen molar-refractivity contribution in [1.82, 2.24) is 14.8 Å². The molecule has 1 aliphatic carbocycles. The lowest BCUT2D eigenvalue weighted by molar-refractivity contribution is 0.00257. The van der Waals surface area contributed by atoms with Crippen LogP contribution in [0.2, 0.25) is 0 Å². The summed E-state index contributed by atoms with van der Waals surface area (Å²) in [6, 6.07) is 0. The molecule has 1 aromatic heterocycles. The summed E-state index contributed by atoms with van der Waals surface area (Å²) in [6.45, 7) is 3.80. The molecule has 0 spiro atoms. The minimum atomic E-state index is -0.514. The van der Waals surface area contributed by atoms with Gasteiger partial charge in [-0.05, 0) is 65.6 Å². The van der Waals surface area contributed by atoms with Crippen LogP contribution >= 0.6 is 11.3 Å². The van der Waals surface area contributed by atoms with Crippen molar-refractivity contribution in [3.63, 3.8) is 0 Å². The summed E-state index contributed by atoms with van der Waals surface area (Å²) in [5.41, 5.74) is 0.852. The predicted molar refractivity (Wildman–Crippen MR) is 91.4 cm³/mol. The molecule has 3 rings (SSSR count). The normalized spacial score (nSPS) is 26.9. The third-order valence-corrected chi connectivity index (χ3v) is 6.01. The predicted octanol–water partition coefficient (Wildman–Crippen LogP) is 2.30. The van der Waals surface area contributed by atoms with Crippen molar-refractivity contribution in [2.24, 2.45) is 0 Å². The molecule has 124 valence electrons. The lowest BCUT2D eigenvalue weighted by atomic mass is 9.94. The Morgan fingerprint density at radius 3 is 2.77 bits per heavy atom. The van der Waals surface area contributed by atoms with Gasteiger partial charge in [0.25, 0.3) is 0 Å². The van der Waals surface area contributed by atoms with Gasteiger partial charge in [0.1, 0.15) is 5.01 Å². The molecule has 0 saturated carbocycles. The third-order valence-electron chi connectivity index (χ3n) is 4.87. The minimum absolute atomic E-state index is 0.514. The molecule has 4 nitrogen and oxygen atoms in total. The lowest BCUT2D eigenvalue weighted by Gasteiger charge is -2.29. The summed E-state index contributed by atoms with van der Waals surface area (Å²) in [6.07, 6.45) is 7.90. The zero-order valence-electron chi connectivity index (χ0n) is 14.0. The number of fused-ring (bicyclic) bond motifs is 1. The van der Waals surface area contributed by atoms with Crippen LogP contribution in [0, 0.1) is 0 Å². The molecule has 0 amide bonds. The van der Waals surface area contributed by atoms with Gasteiger partial charge in [-0.1, -0.05) is 0 Å². The molecular formula is C17H29N3OS. The monoisotopic (exact) mass is 323 g/mol. The first kappa shape index (κ1) is 16.4. The molecule has 1 saturated heterocycles. The molecule has 0 aromatic carbocycles. The Morgan fingerprint density at radius 2 is 2.00 bits per heavy atom. The fourth-order valence-corrected chi connectivity index (χ4v) is 5.00. The summed E-state index contributed by atoms with van der Waals surface area (Å²) in [7, 11) is 4.08. The standard InChI is InChI=1S/C17H29N3OS/c1-19(2)13-17(21)8-5-10-20(11-9-17)12-16-18-14-6-3-4-7-15(14)22-16/h21H,3-13H2,1-2H3/t17-/m0/s1. The van der Waals surface area contributed by atoms with Gasteiger partial charge in [-0.15, -0.1) is 11.3 Å². The average molecular weight is 324 g/mol. The van der Waals surface area contributed by atoms with E-state index >= 15 is 0 Å². The molecule has 0 bridgehead atoms. The van der Waals surface area contributed by atoms with Gasteiger partial charge in [-0.2, -0.15) is 0 Å². The number of aromatic nitrogens is 1. The van der Waals surface area contributed by atoms with Crippen molar-refractivity contribution in [2.45, 2.75) is 57.1 Å². The van der Waals surface area contributed by atoms with E-state index in [1.54, 1.807) is 0 Å². The van der Waals surface area contributed by atoms with Crippen LogP contribution in [0.15, 0.2) is 0 Å². The largest absolute Gasteiger partial charge is 0.389 e. The van der Waals surface area contributed by atoms with Crippen molar-refractivity contribution in [2.75, 3.05) is 33.7 Å². The van der Waals surface area contributed by atoms with Crippen molar-refractivity contribution in [3.8, 4) is 0 Å². The van der Waals surface area contributed by atoms with Gasteiger partial charge in [0, 0.05) is 18.0 Å². The zero-order chi connectivity index (χ0) is 15.6. The van der Waals surface area contributed by atoms with Gasteiger partial charge in [0.15, 0.2) is 0 Å². The molecule has 5 heteroatoms. The number of aryl methyl sites for hydroxylation is 2. The smallest absolute Gasteiger partial charge is 0.107 e. The second kappa shape index (κ2) is 6.95. The van der Waals surface area contributed by atoms with Gasteiger partial charge in [-0.25, -0.2) is 4.98 Å². The molecule has 1 atom stereocenters. The van der Waals surface area contributed by atoms with E-state index in [9.17, 15) is 5.11 Å². The lowest BCUT2D eigenvalue weighted by Crippen LogP contribution is -2.40. The van der Waals surface area contributed by atoms with E-state index in [2.05, 4.69) is 9.80 Å². The van der Waals surface area contributed by atoms with Crippen molar-refractivity contribution in [3.05, 3.63) is 15.6 Å². The molecule has 22 heavy (non-hydrogen) atoms. The number of hydrogen-bond donors (Lipinski definition) is 1. The number of aliphatic hydroxyl groups is 1. The average Bonchev–Trinajstić information content (AvgIpc) is 2.77. The number of hydrogen-bond acceptors (Lipinski definition) is 5. The van der Waals surface area contributed by atoms with Crippen LogP contribution in [0.25, 0.3) is 0 Å². The zero-order valence-corrected chi connectivity index (χ0v) is 14.8. The Balaban J connectivity index is 1.58. The highest BCUT2D eigenvalue weighted by atomic mass is 32.1. The van der Waals surface area contributed by atoms with E-state index in [-0.39, 0.29) is 0 Å². The second-order valence-corrected chi connectivity index (χ2v) is 8.44. The quantitative estimate of drug-likeness (QED) is 0.923. The number of nitrogens with zero attached hydrogens (tertiary/aromatic N) is 3. The molecule has 0 radical (unpaired) electrons. The third kappa shape index (κ3) is 4.07. The van der Waals surface area contributed by atoms with Crippen LogP contribution < -0.4 is 0 Å². The van der Waals surface area contributed by atoms with Gasteiger partial charge in [-0.3, -0.25) is 4.90 Å². The van der Waals surface area contributed by atoms with E-state index in [4.69, 9.17) is 4.98 Å². The first-order chi connectivity index (χ1) is 10.5. The second-order valence-electron chi connectivity index (χ2n) is 7.28. The molecule has 1 N–H and O–H groups in total. The molecule has 2 heterocycles. The Labute approximate surface area is 138 Å². The van der Waals surface area contributed by atoms with E-state index in [1.165, 1.54) is 41.3 Å². The molecule has 1 aromatic rings. The van der Waals surface area contributed by atoms with Gasteiger partial charge < -0.3 is 10.0 Å². The van der Waals surface area contributed by atoms with Gasteiger partial charge in [0.2, 0.25) is 0 Å². The number of thiazole rings is 1. The molecule has 0 unspecified atom stereocenters. The van der Waals surface area contributed by atoms with Crippen LogP contribution in [-0.4, -0.2) is 59.2 Å². The highest BCUT2D eigenvalue weighted by Gasteiger charge is 2.31. The first-order valence-corrected chi connectivity index (χ1v) is 9.43. The van der Waals surface area contributed by atoms with Crippen LogP contribution in [-0.2, 0) is 19.4 Å². The van der Waals surface area contributed by atoms with Crippen LogP contribution in [0.1, 0.15) is 47.7 Å². The Kier molecular flexibility index (Phi) is 5.17. The summed E-state index contributed by atoms with van der Waals surface area (Å²) in [4.78, 5) is 11.0.